The molecule has 0 amide bonds. The van der Waals surface area contributed by atoms with Gasteiger partial charge in [0.15, 0.2) is 0 Å². The summed E-state index contributed by atoms with van der Waals surface area (Å²) in [4.78, 5) is 20.3. The maximum atomic E-state index is 13.0. The van der Waals surface area contributed by atoms with E-state index in [4.69, 9.17) is 5.11 Å². The molecule has 0 atom stereocenters. The number of rotatable bonds is 4. The van der Waals surface area contributed by atoms with Crippen molar-refractivity contribution >= 4 is 22.7 Å². The fourth-order valence-corrected chi connectivity index (χ4v) is 1.68. The van der Waals surface area contributed by atoms with E-state index in [1.807, 2.05) is 0 Å². The minimum absolute atomic E-state index is 0.0293. The highest BCUT2D eigenvalue weighted by Gasteiger charge is 2.10. The van der Waals surface area contributed by atoms with Crippen LogP contribution in [0.4, 0.5) is 10.1 Å². The van der Waals surface area contributed by atoms with E-state index in [0.29, 0.717) is 17.6 Å². The van der Waals surface area contributed by atoms with Crippen molar-refractivity contribution in [1.82, 2.24) is 9.97 Å². The lowest BCUT2D eigenvalue weighted by molar-refractivity contribution is -0.136. The summed E-state index contributed by atoms with van der Waals surface area (Å²) >= 11 is 0. The zero-order valence-corrected chi connectivity index (χ0v) is 9.80. The number of carboxylic acid groups (broad SMARTS) is 1. The molecule has 0 saturated carbocycles. The van der Waals surface area contributed by atoms with E-state index in [2.05, 4.69) is 9.97 Å². The second kappa shape index (κ2) is 4.95. The van der Waals surface area contributed by atoms with E-state index in [0.717, 1.165) is 11.9 Å². The minimum Gasteiger partial charge on any atom is -0.481 e. The number of fused-ring (bicyclic) bond motifs is 1. The van der Waals surface area contributed by atoms with Gasteiger partial charge in [0, 0.05) is 25.9 Å². The third kappa shape index (κ3) is 2.53. The molecular weight excluding hydrogens is 237 g/mol. The standard InChI is InChI=1S/C12H12FN3O2/c1-16(5-3-11(17)18)10-2-4-14-9-6-8(13)7-15-12(9)10/h2,4,6-7H,3,5H2,1H3,(H,17,18). The van der Waals surface area contributed by atoms with Gasteiger partial charge in [-0.2, -0.15) is 0 Å². The highest BCUT2D eigenvalue weighted by atomic mass is 19.1. The van der Waals surface area contributed by atoms with Crippen molar-refractivity contribution < 1.29 is 14.3 Å². The lowest BCUT2D eigenvalue weighted by Crippen LogP contribution is -2.21. The van der Waals surface area contributed by atoms with Gasteiger partial charge in [0.2, 0.25) is 0 Å². The Labute approximate surface area is 103 Å². The molecule has 6 heteroatoms. The van der Waals surface area contributed by atoms with E-state index in [9.17, 15) is 9.18 Å². The average molecular weight is 249 g/mol. The van der Waals surface area contributed by atoms with Gasteiger partial charge in [0.05, 0.1) is 23.8 Å². The van der Waals surface area contributed by atoms with Crippen LogP contribution >= 0.6 is 0 Å². The van der Waals surface area contributed by atoms with E-state index in [1.165, 1.54) is 6.07 Å². The van der Waals surface area contributed by atoms with Gasteiger partial charge in [0.25, 0.3) is 0 Å². The first-order valence-electron chi connectivity index (χ1n) is 5.41. The summed E-state index contributed by atoms with van der Waals surface area (Å²) < 4.78 is 13.0. The van der Waals surface area contributed by atoms with Gasteiger partial charge in [-0.15, -0.1) is 0 Å². The molecule has 0 bridgehead atoms. The molecule has 0 fully saturated rings. The molecule has 94 valence electrons. The van der Waals surface area contributed by atoms with Crippen LogP contribution in [0.2, 0.25) is 0 Å². The summed E-state index contributed by atoms with van der Waals surface area (Å²) in [5.74, 6) is -1.31. The van der Waals surface area contributed by atoms with Crippen molar-refractivity contribution in [2.75, 3.05) is 18.5 Å². The van der Waals surface area contributed by atoms with Crippen molar-refractivity contribution in [1.29, 1.82) is 0 Å². The number of aromatic nitrogens is 2. The summed E-state index contributed by atoms with van der Waals surface area (Å²) in [6, 6.07) is 3.03. The molecule has 2 heterocycles. The number of aliphatic carboxylic acids is 1. The SMILES string of the molecule is CN(CCC(=O)O)c1ccnc2cc(F)cnc12. The lowest BCUT2D eigenvalue weighted by Gasteiger charge is -2.19. The van der Waals surface area contributed by atoms with Crippen LogP contribution in [0.15, 0.2) is 24.5 Å². The Kier molecular flexibility index (Phi) is 3.36. The first-order chi connectivity index (χ1) is 8.58. The number of carboxylic acids is 1. The van der Waals surface area contributed by atoms with Crippen molar-refractivity contribution in [3.05, 3.63) is 30.3 Å². The molecule has 0 unspecified atom stereocenters. The minimum atomic E-state index is -0.862. The molecule has 0 radical (unpaired) electrons. The summed E-state index contributed by atoms with van der Waals surface area (Å²) in [5, 5.41) is 8.65. The smallest absolute Gasteiger partial charge is 0.305 e. The molecular formula is C12H12FN3O2. The highest BCUT2D eigenvalue weighted by molar-refractivity contribution is 5.87. The fraction of sp³-hybridized carbons (Fsp3) is 0.250. The summed E-state index contributed by atoms with van der Waals surface area (Å²) in [5.41, 5.74) is 1.75. The number of carbonyl (C=O) groups is 1. The average Bonchev–Trinajstić information content (AvgIpc) is 2.34. The molecule has 2 aromatic heterocycles. The molecule has 0 aliphatic heterocycles. The van der Waals surface area contributed by atoms with Gasteiger partial charge < -0.3 is 10.0 Å². The predicted molar refractivity (Wildman–Crippen MR) is 65.0 cm³/mol. The van der Waals surface area contributed by atoms with Gasteiger partial charge in [0.1, 0.15) is 11.3 Å². The van der Waals surface area contributed by atoms with Crippen LogP contribution in [0, 0.1) is 5.82 Å². The molecule has 0 aromatic carbocycles. The largest absolute Gasteiger partial charge is 0.481 e. The van der Waals surface area contributed by atoms with Crippen LogP contribution in [0.1, 0.15) is 6.42 Å². The number of anilines is 1. The first-order valence-corrected chi connectivity index (χ1v) is 5.41. The van der Waals surface area contributed by atoms with E-state index in [1.54, 1.807) is 24.2 Å². The maximum Gasteiger partial charge on any atom is 0.305 e. The molecule has 1 N–H and O–H groups in total. The van der Waals surface area contributed by atoms with Crippen LogP contribution in [0.3, 0.4) is 0 Å². The zero-order chi connectivity index (χ0) is 13.1. The molecule has 2 rings (SSSR count). The third-order valence-electron chi connectivity index (χ3n) is 2.60. The molecule has 18 heavy (non-hydrogen) atoms. The molecule has 0 saturated heterocycles. The highest BCUT2D eigenvalue weighted by Crippen LogP contribution is 2.22. The molecule has 0 aliphatic rings. The Morgan fingerprint density at radius 3 is 3.00 bits per heavy atom. The normalized spacial score (nSPS) is 10.6. The van der Waals surface area contributed by atoms with Crippen molar-refractivity contribution in [3.8, 4) is 0 Å². The Morgan fingerprint density at radius 2 is 2.28 bits per heavy atom. The van der Waals surface area contributed by atoms with Crippen LogP contribution in [0.25, 0.3) is 11.0 Å². The van der Waals surface area contributed by atoms with Crippen molar-refractivity contribution in [2.24, 2.45) is 0 Å². The maximum absolute atomic E-state index is 13.0. The quantitative estimate of drug-likeness (QED) is 0.893. The second-order valence-electron chi connectivity index (χ2n) is 3.92. The van der Waals surface area contributed by atoms with Crippen LogP contribution in [0.5, 0.6) is 0 Å². The van der Waals surface area contributed by atoms with E-state index in [-0.39, 0.29) is 6.42 Å². The number of pyridine rings is 2. The Morgan fingerprint density at radius 1 is 1.50 bits per heavy atom. The number of hydrogen-bond donors (Lipinski definition) is 1. The number of hydrogen-bond acceptors (Lipinski definition) is 4. The summed E-state index contributed by atoms with van der Waals surface area (Å²) in [7, 11) is 1.77. The van der Waals surface area contributed by atoms with Gasteiger partial charge >= 0.3 is 5.97 Å². The van der Waals surface area contributed by atoms with Crippen molar-refractivity contribution in [3.63, 3.8) is 0 Å². The topological polar surface area (TPSA) is 66.3 Å². The Hall–Kier alpha value is -2.24. The van der Waals surface area contributed by atoms with E-state index >= 15 is 0 Å². The van der Waals surface area contributed by atoms with E-state index < -0.39 is 11.8 Å². The molecule has 0 aliphatic carbocycles. The lowest BCUT2D eigenvalue weighted by atomic mass is 10.2. The molecule has 2 aromatic rings. The molecule has 5 nitrogen and oxygen atoms in total. The van der Waals surface area contributed by atoms with Gasteiger partial charge in [-0.05, 0) is 6.07 Å². The fourth-order valence-electron chi connectivity index (χ4n) is 1.68. The van der Waals surface area contributed by atoms with Crippen LogP contribution in [-0.2, 0) is 4.79 Å². The zero-order valence-electron chi connectivity index (χ0n) is 9.80. The molecule has 0 spiro atoms. The van der Waals surface area contributed by atoms with Crippen LogP contribution < -0.4 is 4.90 Å². The Balaban J connectivity index is 2.35. The number of nitrogens with zero attached hydrogens (tertiary/aromatic N) is 3. The van der Waals surface area contributed by atoms with Gasteiger partial charge in [-0.1, -0.05) is 0 Å². The van der Waals surface area contributed by atoms with Gasteiger partial charge in [-0.25, -0.2) is 9.37 Å². The Bertz CT molecular complexity index is 589. The summed E-state index contributed by atoms with van der Waals surface area (Å²) in [6.45, 7) is 0.355. The first kappa shape index (κ1) is 12.2. The van der Waals surface area contributed by atoms with Gasteiger partial charge in [-0.3, -0.25) is 9.78 Å². The predicted octanol–water partition coefficient (Wildman–Crippen LogP) is 1.68. The summed E-state index contributed by atoms with van der Waals surface area (Å²) in [6.07, 6.45) is 2.70. The number of halogens is 1. The second-order valence-corrected chi connectivity index (χ2v) is 3.92. The monoisotopic (exact) mass is 249 g/mol. The third-order valence-corrected chi connectivity index (χ3v) is 2.60. The van der Waals surface area contributed by atoms with Crippen LogP contribution in [-0.4, -0.2) is 34.6 Å². The van der Waals surface area contributed by atoms with Crippen molar-refractivity contribution in [2.45, 2.75) is 6.42 Å².